The highest BCUT2D eigenvalue weighted by Crippen LogP contribution is 2.33. The van der Waals surface area contributed by atoms with Crippen molar-refractivity contribution in [1.29, 1.82) is 0 Å². The van der Waals surface area contributed by atoms with E-state index < -0.39 is 0 Å². The van der Waals surface area contributed by atoms with Crippen molar-refractivity contribution in [3.05, 3.63) is 66.0 Å². The highest BCUT2D eigenvalue weighted by Gasteiger charge is 2.29. The van der Waals surface area contributed by atoms with E-state index in [2.05, 4.69) is 26.0 Å². The first-order valence-electron chi connectivity index (χ1n) is 7.17. The molecule has 112 valence electrons. The van der Waals surface area contributed by atoms with Crippen LogP contribution in [0.1, 0.15) is 25.5 Å². The van der Waals surface area contributed by atoms with Crippen LogP contribution in [0.2, 0.25) is 0 Å². The predicted octanol–water partition coefficient (Wildman–Crippen LogP) is 3.99. The zero-order valence-corrected chi connectivity index (χ0v) is 12.9. The average Bonchev–Trinajstić information content (AvgIpc) is 2.47. The van der Waals surface area contributed by atoms with Gasteiger partial charge in [0.05, 0.1) is 0 Å². The molecule has 2 rings (SSSR count). The van der Waals surface area contributed by atoms with Crippen LogP contribution in [0.15, 0.2) is 54.6 Å². The average molecular weight is 286 g/mol. The molecule has 0 saturated heterocycles. The molecular weight excluding hydrogens is 263 g/mol. The number of hydrogen-bond acceptors (Lipinski definition) is 2. The van der Waals surface area contributed by atoms with Gasteiger partial charge in [-0.05, 0) is 23.8 Å². The third kappa shape index (κ3) is 3.82. The van der Waals surface area contributed by atoms with Gasteiger partial charge in [0.25, 0.3) is 0 Å². The van der Waals surface area contributed by atoms with Gasteiger partial charge in [0.15, 0.2) is 0 Å². The van der Waals surface area contributed by atoms with E-state index in [1.54, 1.807) is 12.1 Å². The molecular formula is C18H23FN2. The molecule has 0 aliphatic carbocycles. The molecule has 0 spiro atoms. The molecule has 2 nitrogen and oxygen atoms in total. The van der Waals surface area contributed by atoms with Crippen molar-refractivity contribution in [2.75, 3.05) is 18.5 Å². The molecule has 2 aromatic rings. The Hall–Kier alpha value is -1.87. The van der Waals surface area contributed by atoms with Gasteiger partial charge >= 0.3 is 0 Å². The fourth-order valence-electron chi connectivity index (χ4n) is 2.63. The number of hydrogen-bond donors (Lipinski definition) is 1. The van der Waals surface area contributed by atoms with E-state index in [1.165, 1.54) is 6.07 Å². The van der Waals surface area contributed by atoms with Crippen LogP contribution in [0.4, 0.5) is 10.1 Å². The van der Waals surface area contributed by atoms with E-state index in [1.807, 2.05) is 36.2 Å². The maximum Gasteiger partial charge on any atom is 0.125 e. The molecule has 3 heteroatoms. The summed E-state index contributed by atoms with van der Waals surface area (Å²) in [6.07, 6.45) is 0. The molecule has 1 atom stereocenters. The van der Waals surface area contributed by atoms with E-state index in [0.29, 0.717) is 0 Å². The van der Waals surface area contributed by atoms with Crippen LogP contribution in [0.25, 0.3) is 0 Å². The number of halogens is 1. The first-order valence-corrected chi connectivity index (χ1v) is 7.17. The van der Waals surface area contributed by atoms with Crippen molar-refractivity contribution in [2.45, 2.75) is 19.9 Å². The summed E-state index contributed by atoms with van der Waals surface area (Å²) in [5, 5.41) is 0. The summed E-state index contributed by atoms with van der Waals surface area (Å²) < 4.78 is 13.3. The molecule has 2 N–H and O–H groups in total. The molecule has 0 saturated carbocycles. The first kappa shape index (κ1) is 15.5. The summed E-state index contributed by atoms with van der Waals surface area (Å²) in [5.74, 6) is -0.218. The Morgan fingerprint density at radius 2 is 1.76 bits per heavy atom. The molecule has 0 heterocycles. The molecule has 0 aliphatic heterocycles. The summed E-state index contributed by atoms with van der Waals surface area (Å²) in [5.41, 5.74) is 8.28. The second-order valence-corrected chi connectivity index (χ2v) is 6.21. The summed E-state index contributed by atoms with van der Waals surface area (Å²) in [4.78, 5) is 2.05. The Bertz CT molecular complexity index is 581. The Morgan fingerprint density at radius 3 is 2.38 bits per heavy atom. The molecule has 21 heavy (non-hydrogen) atoms. The lowest BCUT2D eigenvalue weighted by Gasteiger charge is -2.36. The van der Waals surface area contributed by atoms with E-state index in [0.717, 1.165) is 17.8 Å². The van der Waals surface area contributed by atoms with E-state index in [9.17, 15) is 4.39 Å². The minimum Gasteiger partial charge on any atom is -0.374 e. The Kier molecular flexibility index (Phi) is 4.63. The highest BCUT2D eigenvalue weighted by atomic mass is 19.1. The molecule has 1 unspecified atom stereocenters. The molecule has 2 aromatic carbocycles. The van der Waals surface area contributed by atoms with Crippen LogP contribution in [0, 0.1) is 11.2 Å². The summed E-state index contributed by atoms with van der Waals surface area (Å²) >= 11 is 0. The number of nitrogens with zero attached hydrogens (tertiary/aromatic N) is 1. The van der Waals surface area contributed by atoms with Gasteiger partial charge in [0.1, 0.15) is 5.82 Å². The minimum absolute atomic E-state index is 0.0743. The van der Waals surface area contributed by atoms with Gasteiger partial charge in [-0.3, -0.25) is 0 Å². The largest absolute Gasteiger partial charge is 0.374 e. The molecule has 0 aliphatic rings. The Balaban J connectivity index is 2.13. The summed E-state index contributed by atoms with van der Waals surface area (Å²) in [7, 11) is 1.97. The van der Waals surface area contributed by atoms with Crippen molar-refractivity contribution in [3.8, 4) is 0 Å². The van der Waals surface area contributed by atoms with Crippen LogP contribution in [-0.4, -0.2) is 13.6 Å². The van der Waals surface area contributed by atoms with Gasteiger partial charge in [-0.2, -0.15) is 0 Å². The van der Waals surface area contributed by atoms with Crippen LogP contribution in [0.5, 0.6) is 0 Å². The maximum atomic E-state index is 13.3. The Labute approximate surface area is 126 Å². The van der Waals surface area contributed by atoms with Gasteiger partial charge in [-0.1, -0.05) is 50.2 Å². The first-order chi connectivity index (χ1) is 9.90. The van der Waals surface area contributed by atoms with Crippen molar-refractivity contribution in [3.63, 3.8) is 0 Å². The fourth-order valence-corrected chi connectivity index (χ4v) is 2.63. The number of anilines is 1. The van der Waals surface area contributed by atoms with Gasteiger partial charge in [-0.25, -0.2) is 4.39 Å². The third-order valence-corrected chi connectivity index (χ3v) is 3.89. The van der Waals surface area contributed by atoms with Gasteiger partial charge in [0.2, 0.25) is 0 Å². The van der Waals surface area contributed by atoms with Crippen molar-refractivity contribution >= 4 is 5.69 Å². The smallest absolute Gasteiger partial charge is 0.125 e. The standard InChI is InChI=1S/C18H23FN2/c1-18(2,17(20)14-8-5-4-6-9-14)13-21(3)16-11-7-10-15(19)12-16/h4-12,17H,13,20H2,1-3H3. The lowest BCUT2D eigenvalue weighted by atomic mass is 9.80. The number of rotatable bonds is 5. The van der Waals surface area contributed by atoms with Crippen LogP contribution < -0.4 is 10.6 Å². The normalized spacial score (nSPS) is 13.0. The lowest BCUT2D eigenvalue weighted by molar-refractivity contribution is 0.296. The molecule has 0 fully saturated rings. The molecule has 0 radical (unpaired) electrons. The zero-order chi connectivity index (χ0) is 15.5. The number of nitrogens with two attached hydrogens (primary N) is 1. The van der Waals surface area contributed by atoms with Crippen molar-refractivity contribution in [2.24, 2.45) is 11.1 Å². The van der Waals surface area contributed by atoms with E-state index in [4.69, 9.17) is 5.73 Å². The third-order valence-electron chi connectivity index (χ3n) is 3.89. The zero-order valence-electron chi connectivity index (χ0n) is 12.9. The second kappa shape index (κ2) is 6.27. The van der Waals surface area contributed by atoms with Crippen molar-refractivity contribution in [1.82, 2.24) is 0 Å². The Morgan fingerprint density at radius 1 is 1.10 bits per heavy atom. The SMILES string of the molecule is CN(CC(C)(C)C(N)c1ccccc1)c1cccc(F)c1. The monoisotopic (exact) mass is 286 g/mol. The topological polar surface area (TPSA) is 29.3 Å². The highest BCUT2D eigenvalue weighted by molar-refractivity contribution is 5.46. The van der Waals surface area contributed by atoms with E-state index in [-0.39, 0.29) is 17.3 Å². The molecule has 0 amide bonds. The quantitative estimate of drug-likeness (QED) is 0.900. The maximum absolute atomic E-state index is 13.3. The molecule has 0 bridgehead atoms. The predicted molar refractivity (Wildman–Crippen MR) is 86.8 cm³/mol. The van der Waals surface area contributed by atoms with Gasteiger partial charge in [0, 0.05) is 30.7 Å². The van der Waals surface area contributed by atoms with E-state index >= 15 is 0 Å². The van der Waals surface area contributed by atoms with Crippen LogP contribution in [-0.2, 0) is 0 Å². The van der Waals surface area contributed by atoms with Gasteiger partial charge < -0.3 is 10.6 Å². The molecule has 0 aromatic heterocycles. The minimum atomic E-state index is -0.218. The fraction of sp³-hybridized carbons (Fsp3) is 0.333. The van der Waals surface area contributed by atoms with Crippen molar-refractivity contribution < 1.29 is 4.39 Å². The lowest BCUT2D eigenvalue weighted by Crippen LogP contribution is -2.39. The number of benzene rings is 2. The van der Waals surface area contributed by atoms with Crippen LogP contribution in [0.3, 0.4) is 0 Å². The summed E-state index contributed by atoms with van der Waals surface area (Å²) in [6.45, 7) is 5.02. The van der Waals surface area contributed by atoms with Gasteiger partial charge in [-0.15, -0.1) is 0 Å². The summed E-state index contributed by atoms with van der Waals surface area (Å²) in [6, 6.07) is 16.7. The second-order valence-electron chi connectivity index (χ2n) is 6.21. The van der Waals surface area contributed by atoms with Crippen LogP contribution >= 0.6 is 0 Å².